The Hall–Kier alpha value is -0.843. The minimum absolute atomic E-state index is 0.0276. The molecule has 0 aliphatic heterocycles. The third-order valence-corrected chi connectivity index (χ3v) is 3.16. The van der Waals surface area contributed by atoms with E-state index >= 15 is 0 Å². The molecule has 4 heteroatoms. The second-order valence-electron chi connectivity index (χ2n) is 3.14. The van der Waals surface area contributed by atoms with Gasteiger partial charge in [-0.2, -0.15) is 0 Å². The smallest absolute Gasteiger partial charge is 0.320 e. The lowest BCUT2D eigenvalue weighted by Gasteiger charge is -2.13. The van der Waals surface area contributed by atoms with Crippen LogP contribution in [0.3, 0.4) is 0 Å². The summed E-state index contributed by atoms with van der Waals surface area (Å²) in [5.41, 5.74) is 0.990. The number of hydrogen-bond acceptors (Lipinski definition) is 3. The van der Waals surface area contributed by atoms with Crippen LogP contribution in [0, 0.1) is 0 Å². The fraction of sp³-hybridized carbons (Fsp3) is 0.333. The Bertz CT molecular complexity index is 241. The van der Waals surface area contributed by atoms with Gasteiger partial charge in [-0.25, -0.2) is 0 Å². The number of rotatable bonds is 4. The minimum atomic E-state index is -2.47. The van der Waals surface area contributed by atoms with Gasteiger partial charge in [-0.1, -0.05) is 25.1 Å². The minimum Gasteiger partial charge on any atom is -0.413 e. The summed E-state index contributed by atoms with van der Waals surface area (Å²) in [7, 11) is -2.47. The predicted molar refractivity (Wildman–Crippen MR) is 55.9 cm³/mol. The molecule has 1 unspecified atom stereocenters. The van der Waals surface area contributed by atoms with Gasteiger partial charge in [0.15, 0.2) is 0 Å². The Morgan fingerprint density at radius 3 is 2.46 bits per heavy atom. The topological polar surface area (TPSA) is 52.5 Å². The van der Waals surface area contributed by atoms with E-state index in [0.717, 1.165) is 5.69 Å². The number of anilines is 1. The van der Waals surface area contributed by atoms with Crippen molar-refractivity contribution in [3.05, 3.63) is 30.3 Å². The summed E-state index contributed by atoms with van der Waals surface area (Å²) < 4.78 is 0. The van der Waals surface area contributed by atoms with Crippen LogP contribution < -0.4 is 5.32 Å². The van der Waals surface area contributed by atoms with Crippen molar-refractivity contribution in [1.82, 2.24) is 0 Å². The van der Waals surface area contributed by atoms with E-state index in [4.69, 9.17) is 9.59 Å². The lowest BCUT2D eigenvalue weighted by atomic mass is 10.3. The van der Waals surface area contributed by atoms with Gasteiger partial charge >= 0.3 is 9.28 Å². The highest BCUT2D eigenvalue weighted by Gasteiger charge is 2.12. The van der Waals surface area contributed by atoms with Gasteiger partial charge in [0.2, 0.25) is 0 Å². The van der Waals surface area contributed by atoms with Crippen molar-refractivity contribution in [1.29, 1.82) is 0 Å². The quantitative estimate of drug-likeness (QED) is 0.623. The zero-order chi connectivity index (χ0) is 9.68. The third kappa shape index (κ3) is 3.58. The molecule has 0 heterocycles. The van der Waals surface area contributed by atoms with E-state index in [-0.39, 0.29) is 5.54 Å². The summed E-state index contributed by atoms with van der Waals surface area (Å²) in [5, 5.41) is 3.14. The molecule has 0 aliphatic carbocycles. The van der Waals surface area contributed by atoms with Crippen LogP contribution in [-0.2, 0) is 0 Å². The van der Waals surface area contributed by atoms with E-state index in [1.807, 2.05) is 37.3 Å². The Morgan fingerprint density at radius 2 is 1.92 bits per heavy atom. The number of hydrogen-bond donors (Lipinski definition) is 3. The maximum Gasteiger partial charge on any atom is 0.320 e. The molecule has 1 atom stereocenters. The summed E-state index contributed by atoms with van der Waals surface area (Å²) in [5.74, 6) is 0. The zero-order valence-corrected chi connectivity index (χ0v) is 8.80. The molecule has 0 saturated carbocycles. The van der Waals surface area contributed by atoms with Crippen LogP contribution in [-0.4, -0.2) is 25.4 Å². The fourth-order valence-electron chi connectivity index (χ4n) is 0.940. The summed E-state index contributed by atoms with van der Waals surface area (Å²) in [6.45, 7) is 2.46. The highest BCUT2D eigenvalue weighted by Crippen LogP contribution is 2.09. The van der Waals surface area contributed by atoms with Crippen molar-refractivity contribution in [2.24, 2.45) is 0 Å². The predicted octanol–water partition coefficient (Wildman–Crippen LogP) is 0.694. The molecule has 0 saturated heterocycles. The monoisotopic (exact) mass is 197 g/mol. The average molecular weight is 197 g/mol. The molecule has 0 amide bonds. The first-order valence-corrected chi connectivity index (χ1v) is 6.05. The van der Waals surface area contributed by atoms with Gasteiger partial charge in [-0.3, -0.25) is 0 Å². The van der Waals surface area contributed by atoms with Crippen molar-refractivity contribution in [3.63, 3.8) is 0 Å². The van der Waals surface area contributed by atoms with Crippen LogP contribution in [0.4, 0.5) is 5.69 Å². The van der Waals surface area contributed by atoms with Crippen molar-refractivity contribution in [2.45, 2.75) is 12.5 Å². The first-order valence-electron chi connectivity index (χ1n) is 4.35. The van der Waals surface area contributed by atoms with Gasteiger partial charge in [0.05, 0.1) is 0 Å². The Morgan fingerprint density at radius 1 is 1.31 bits per heavy atom. The Kier molecular flexibility index (Phi) is 3.95. The molecule has 0 fully saturated rings. The molecule has 1 rings (SSSR count). The summed E-state index contributed by atoms with van der Waals surface area (Å²) in [6.07, 6.45) is 0. The molecule has 3 N–H and O–H groups in total. The van der Waals surface area contributed by atoms with Gasteiger partial charge in [0.25, 0.3) is 0 Å². The van der Waals surface area contributed by atoms with E-state index in [0.29, 0.717) is 6.54 Å². The van der Waals surface area contributed by atoms with Crippen LogP contribution in [0.25, 0.3) is 0 Å². The van der Waals surface area contributed by atoms with Crippen LogP contribution >= 0.6 is 0 Å². The number of nitrogens with one attached hydrogen (secondary N) is 1. The molecule has 1 aromatic carbocycles. The van der Waals surface area contributed by atoms with Crippen LogP contribution in [0.15, 0.2) is 30.3 Å². The van der Waals surface area contributed by atoms with Gasteiger partial charge in [0, 0.05) is 17.8 Å². The molecule has 0 bridgehead atoms. The molecule has 0 spiro atoms. The SMILES string of the molecule is CC(CNc1ccccc1)[SiH](O)O. The van der Waals surface area contributed by atoms with Crippen LogP contribution in [0.2, 0.25) is 5.54 Å². The standard InChI is InChI=1S/C9H15NO2Si/c1-8(13(11)12)7-10-9-5-3-2-4-6-9/h2-6,8,10-13H,7H2,1H3. The van der Waals surface area contributed by atoms with Crippen LogP contribution in [0.1, 0.15) is 6.92 Å². The fourth-order valence-corrected chi connectivity index (χ4v) is 1.27. The maximum atomic E-state index is 8.95. The van der Waals surface area contributed by atoms with Crippen molar-refractivity contribution >= 4 is 15.0 Å². The van der Waals surface area contributed by atoms with Gasteiger partial charge < -0.3 is 14.9 Å². The van der Waals surface area contributed by atoms with Gasteiger partial charge in [-0.05, 0) is 12.1 Å². The average Bonchev–Trinajstić information content (AvgIpc) is 2.15. The molecule has 0 aromatic heterocycles. The molecule has 13 heavy (non-hydrogen) atoms. The lowest BCUT2D eigenvalue weighted by Crippen LogP contribution is -2.23. The number of benzene rings is 1. The molecule has 72 valence electrons. The molecular weight excluding hydrogens is 182 g/mol. The van der Waals surface area contributed by atoms with Crippen LogP contribution in [0.5, 0.6) is 0 Å². The van der Waals surface area contributed by atoms with Crippen molar-refractivity contribution in [3.8, 4) is 0 Å². The molecule has 1 aromatic rings. The lowest BCUT2D eigenvalue weighted by molar-refractivity contribution is 0.390. The highest BCUT2D eigenvalue weighted by atomic mass is 28.3. The van der Waals surface area contributed by atoms with E-state index < -0.39 is 9.28 Å². The summed E-state index contributed by atoms with van der Waals surface area (Å²) >= 11 is 0. The zero-order valence-electron chi connectivity index (χ0n) is 7.64. The van der Waals surface area contributed by atoms with Gasteiger partial charge in [0.1, 0.15) is 0 Å². The highest BCUT2D eigenvalue weighted by molar-refractivity contribution is 6.43. The van der Waals surface area contributed by atoms with E-state index in [9.17, 15) is 0 Å². The third-order valence-electron chi connectivity index (χ3n) is 1.91. The van der Waals surface area contributed by atoms with Crippen molar-refractivity contribution < 1.29 is 9.59 Å². The summed E-state index contributed by atoms with van der Waals surface area (Å²) in [4.78, 5) is 17.9. The second kappa shape index (κ2) is 5.01. The first kappa shape index (κ1) is 10.2. The molecule has 3 nitrogen and oxygen atoms in total. The van der Waals surface area contributed by atoms with E-state index in [2.05, 4.69) is 5.32 Å². The van der Waals surface area contributed by atoms with E-state index in [1.54, 1.807) is 0 Å². The molecular formula is C9H15NO2Si. The second-order valence-corrected chi connectivity index (χ2v) is 5.10. The molecule has 0 radical (unpaired) electrons. The normalized spacial score (nSPS) is 12.9. The number of para-hydroxylation sites is 1. The Balaban J connectivity index is 2.35. The molecule has 0 aliphatic rings. The van der Waals surface area contributed by atoms with E-state index in [1.165, 1.54) is 0 Å². The Labute approximate surface area is 79.9 Å². The summed E-state index contributed by atoms with van der Waals surface area (Å²) in [6, 6.07) is 9.75. The van der Waals surface area contributed by atoms with Crippen molar-refractivity contribution in [2.75, 3.05) is 11.9 Å². The largest absolute Gasteiger partial charge is 0.413 e. The van der Waals surface area contributed by atoms with Gasteiger partial charge in [-0.15, -0.1) is 0 Å². The maximum absolute atomic E-state index is 8.95. The first-order chi connectivity index (χ1) is 6.20.